The van der Waals surface area contributed by atoms with Crippen LogP contribution in [0, 0.1) is 5.92 Å². The van der Waals surface area contributed by atoms with Crippen LogP contribution in [0.2, 0.25) is 0 Å². The van der Waals surface area contributed by atoms with Crippen LogP contribution in [-0.4, -0.2) is 11.4 Å². The average molecular weight is 205 g/mol. The summed E-state index contributed by atoms with van der Waals surface area (Å²) in [6, 6.07) is 8.50. The van der Waals surface area contributed by atoms with E-state index in [9.17, 15) is 0 Å². The highest BCUT2D eigenvalue weighted by atomic mass is 16.4. The van der Waals surface area contributed by atoms with Crippen molar-refractivity contribution in [3.63, 3.8) is 0 Å². The Labute approximate surface area is 91.6 Å². The minimum Gasteiger partial charge on any atom is -0.411 e. The lowest BCUT2D eigenvalue weighted by Gasteiger charge is -2.08. The summed E-state index contributed by atoms with van der Waals surface area (Å²) in [7, 11) is 0. The van der Waals surface area contributed by atoms with E-state index in [2.05, 4.69) is 43.3 Å². The smallest absolute Gasteiger partial charge is 0.0507 e. The van der Waals surface area contributed by atoms with Gasteiger partial charge in [0.05, 0.1) is 6.21 Å². The van der Waals surface area contributed by atoms with Crippen LogP contribution in [0.25, 0.3) is 0 Å². The molecule has 0 aliphatic rings. The Morgan fingerprint density at radius 2 is 1.80 bits per heavy atom. The molecular weight excluding hydrogens is 186 g/mol. The fourth-order valence-electron chi connectivity index (χ4n) is 1.61. The second-order valence-corrected chi connectivity index (χ2v) is 4.39. The van der Waals surface area contributed by atoms with Crippen LogP contribution < -0.4 is 0 Å². The predicted molar refractivity (Wildman–Crippen MR) is 63.7 cm³/mol. The average Bonchev–Trinajstić information content (AvgIpc) is 2.18. The highest BCUT2D eigenvalue weighted by Gasteiger charge is 2.03. The molecule has 82 valence electrons. The molecule has 1 atom stereocenters. The Hall–Kier alpha value is -1.31. The zero-order valence-corrected chi connectivity index (χ0v) is 9.64. The van der Waals surface area contributed by atoms with E-state index >= 15 is 0 Å². The maximum atomic E-state index is 8.44. The summed E-state index contributed by atoms with van der Waals surface area (Å²) in [6.45, 7) is 6.45. The van der Waals surface area contributed by atoms with Crippen molar-refractivity contribution in [3.8, 4) is 0 Å². The van der Waals surface area contributed by atoms with Crippen molar-refractivity contribution in [3.05, 3.63) is 35.4 Å². The Kier molecular flexibility index (Phi) is 4.35. The van der Waals surface area contributed by atoms with Gasteiger partial charge in [0.1, 0.15) is 0 Å². The van der Waals surface area contributed by atoms with Crippen LogP contribution in [0.1, 0.15) is 37.8 Å². The Morgan fingerprint density at radius 1 is 1.20 bits per heavy atom. The van der Waals surface area contributed by atoms with Crippen LogP contribution in [0.4, 0.5) is 0 Å². The van der Waals surface area contributed by atoms with Gasteiger partial charge in [-0.1, -0.05) is 45.0 Å². The summed E-state index contributed by atoms with van der Waals surface area (Å²) in [6.07, 6.45) is 2.65. The molecule has 0 heterocycles. The summed E-state index contributed by atoms with van der Waals surface area (Å²) in [5.74, 6) is 0.857. The summed E-state index contributed by atoms with van der Waals surface area (Å²) >= 11 is 0. The first-order valence-electron chi connectivity index (χ1n) is 5.40. The minimum atomic E-state index is 0.170. The van der Waals surface area contributed by atoms with Crippen LogP contribution in [-0.2, 0) is 6.42 Å². The van der Waals surface area contributed by atoms with E-state index in [1.165, 1.54) is 17.3 Å². The monoisotopic (exact) mass is 205 g/mol. The summed E-state index contributed by atoms with van der Waals surface area (Å²) < 4.78 is 0. The van der Waals surface area contributed by atoms with Crippen molar-refractivity contribution < 1.29 is 5.21 Å². The number of oxime groups is 1. The van der Waals surface area contributed by atoms with Crippen LogP contribution in [0.5, 0.6) is 0 Å². The first kappa shape index (κ1) is 11.8. The van der Waals surface area contributed by atoms with E-state index in [-0.39, 0.29) is 5.92 Å². The number of hydrogen-bond donors (Lipinski definition) is 1. The highest BCUT2D eigenvalue weighted by molar-refractivity contribution is 5.66. The molecule has 0 saturated heterocycles. The summed E-state index contributed by atoms with van der Waals surface area (Å²) in [5, 5.41) is 11.5. The second kappa shape index (κ2) is 5.54. The maximum absolute atomic E-state index is 8.44. The first-order valence-corrected chi connectivity index (χ1v) is 5.40. The van der Waals surface area contributed by atoms with Gasteiger partial charge in [0.25, 0.3) is 0 Å². The normalized spacial score (nSPS) is 13.6. The predicted octanol–water partition coefficient (Wildman–Crippen LogP) is 3.45. The molecule has 2 heteroatoms. The Bertz CT molecular complexity index is 314. The fraction of sp³-hybridized carbons (Fsp3) is 0.462. The number of benzene rings is 1. The lowest BCUT2D eigenvalue weighted by molar-refractivity contribution is 0.320. The molecule has 1 aromatic carbocycles. The van der Waals surface area contributed by atoms with E-state index < -0.39 is 0 Å². The summed E-state index contributed by atoms with van der Waals surface area (Å²) in [5.41, 5.74) is 2.54. The number of nitrogens with zero attached hydrogens (tertiary/aromatic N) is 1. The van der Waals surface area contributed by atoms with Crippen LogP contribution in [0.15, 0.2) is 29.4 Å². The van der Waals surface area contributed by atoms with Crippen molar-refractivity contribution in [1.29, 1.82) is 0 Å². The van der Waals surface area contributed by atoms with Gasteiger partial charge in [0.15, 0.2) is 0 Å². The molecule has 2 nitrogen and oxygen atoms in total. The zero-order valence-electron chi connectivity index (χ0n) is 9.64. The van der Waals surface area contributed by atoms with Gasteiger partial charge in [-0.15, -0.1) is 5.16 Å². The molecule has 1 aromatic rings. The lowest BCUT2D eigenvalue weighted by atomic mass is 9.97. The van der Waals surface area contributed by atoms with Crippen LogP contribution in [0.3, 0.4) is 0 Å². The van der Waals surface area contributed by atoms with E-state index in [1.807, 2.05) is 6.92 Å². The number of rotatable bonds is 4. The molecule has 0 spiro atoms. The van der Waals surface area contributed by atoms with Crippen molar-refractivity contribution in [1.82, 2.24) is 0 Å². The third-order valence-corrected chi connectivity index (χ3v) is 2.44. The van der Waals surface area contributed by atoms with Crippen molar-refractivity contribution in [2.75, 3.05) is 0 Å². The highest BCUT2D eigenvalue weighted by Crippen LogP contribution is 2.15. The van der Waals surface area contributed by atoms with Gasteiger partial charge in [-0.3, -0.25) is 0 Å². The van der Waals surface area contributed by atoms with Gasteiger partial charge in [0, 0.05) is 5.92 Å². The standard InChI is InChI=1S/C13H19NO/c1-10(2)8-12-4-6-13(7-5-12)11(3)9-14-15/h4-7,9-11,15H,8H2,1-3H3/t11-/m0/s1. The first-order chi connectivity index (χ1) is 7.13. The van der Waals surface area contributed by atoms with E-state index in [1.54, 1.807) is 0 Å². The molecule has 15 heavy (non-hydrogen) atoms. The molecule has 0 fully saturated rings. The van der Waals surface area contributed by atoms with Crippen LogP contribution >= 0.6 is 0 Å². The SMILES string of the molecule is CC(C)Cc1ccc([C@@H](C)C=NO)cc1. The molecule has 0 aromatic heterocycles. The van der Waals surface area contributed by atoms with Gasteiger partial charge in [-0.25, -0.2) is 0 Å². The molecule has 0 radical (unpaired) electrons. The molecule has 0 aliphatic heterocycles. The largest absolute Gasteiger partial charge is 0.411 e. The lowest BCUT2D eigenvalue weighted by Crippen LogP contribution is -1.97. The van der Waals surface area contributed by atoms with Gasteiger partial charge in [0.2, 0.25) is 0 Å². The molecular formula is C13H19NO. The van der Waals surface area contributed by atoms with Gasteiger partial charge < -0.3 is 5.21 Å². The molecule has 0 bridgehead atoms. The molecule has 0 unspecified atom stereocenters. The van der Waals surface area contributed by atoms with Gasteiger partial charge in [-0.2, -0.15) is 0 Å². The molecule has 0 amide bonds. The molecule has 1 N–H and O–H groups in total. The third-order valence-electron chi connectivity index (χ3n) is 2.44. The van der Waals surface area contributed by atoms with Crippen molar-refractivity contribution in [2.24, 2.45) is 11.1 Å². The van der Waals surface area contributed by atoms with Crippen molar-refractivity contribution in [2.45, 2.75) is 33.1 Å². The maximum Gasteiger partial charge on any atom is 0.0507 e. The summed E-state index contributed by atoms with van der Waals surface area (Å²) in [4.78, 5) is 0. The molecule has 0 aliphatic carbocycles. The van der Waals surface area contributed by atoms with Crippen molar-refractivity contribution >= 4 is 6.21 Å². The molecule has 1 rings (SSSR count). The number of hydrogen-bond acceptors (Lipinski definition) is 2. The topological polar surface area (TPSA) is 32.6 Å². The van der Waals surface area contributed by atoms with E-state index in [0.29, 0.717) is 5.92 Å². The minimum absolute atomic E-state index is 0.170. The quantitative estimate of drug-likeness (QED) is 0.456. The van der Waals surface area contributed by atoms with E-state index in [0.717, 1.165) is 6.42 Å². The third kappa shape index (κ3) is 3.74. The zero-order chi connectivity index (χ0) is 11.3. The Balaban J connectivity index is 2.71. The van der Waals surface area contributed by atoms with Gasteiger partial charge >= 0.3 is 0 Å². The Morgan fingerprint density at radius 3 is 2.27 bits per heavy atom. The second-order valence-electron chi connectivity index (χ2n) is 4.39. The fourth-order valence-corrected chi connectivity index (χ4v) is 1.61. The van der Waals surface area contributed by atoms with E-state index in [4.69, 9.17) is 5.21 Å². The molecule has 0 saturated carbocycles. The van der Waals surface area contributed by atoms with Gasteiger partial charge in [-0.05, 0) is 23.5 Å².